The van der Waals surface area contributed by atoms with Crippen molar-refractivity contribution in [3.63, 3.8) is 0 Å². The molecule has 1 N–H and O–H groups in total. The normalized spacial score (nSPS) is 25.2. The van der Waals surface area contributed by atoms with E-state index in [0.29, 0.717) is 17.5 Å². The van der Waals surface area contributed by atoms with Gasteiger partial charge in [-0.3, -0.25) is 4.90 Å². The molecule has 4 nitrogen and oxygen atoms in total. The van der Waals surface area contributed by atoms with Crippen LogP contribution in [0, 0.1) is 0 Å². The van der Waals surface area contributed by atoms with E-state index in [1.54, 1.807) is 0 Å². The number of hydrogen-bond donors (Lipinski definition) is 1. The van der Waals surface area contributed by atoms with Crippen LogP contribution in [0.4, 0.5) is 0 Å². The van der Waals surface area contributed by atoms with Gasteiger partial charge in [-0.25, -0.2) is 8.42 Å². The first-order valence-corrected chi connectivity index (χ1v) is 9.04. The average Bonchev–Trinajstić information content (AvgIpc) is 3.21. The predicted octanol–water partition coefficient (Wildman–Crippen LogP) is 1.33. The summed E-state index contributed by atoms with van der Waals surface area (Å²) < 4.78 is 23.3. The third-order valence-corrected chi connectivity index (χ3v) is 6.01. The molecule has 0 spiro atoms. The molecule has 20 heavy (non-hydrogen) atoms. The lowest BCUT2D eigenvalue weighted by Gasteiger charge is -2.28. The van der Waals surface area contributed by atoms with Crippen molar-refractivity contribution in [2.45, 2.75) is 44.5 Å². The van der Waals surface area contributed by atoms with E-state index in [-0.39, 0.29) is 12.6 Å². The first-order chi connectivity index (χ1) is 9.57. The summed E-state index contributed by atoms with van der Waals surface area (Å²) in [4.78, 5) is 2.37. The number of rotatable bonds is 5. The minimum absolute atomic E-state index is 0.0630. The van der Waals surface area contributed by atoms with E-state index in [1.165, 1.54) is 18.4 Å². The third-order valence-electron chi connectivity index (χ3n) is 4.26. The lowest BCUT2D eigenvalue weighted by molar-refractivity contribution is 0.193. The standard InChI is InChI=1S/C15H21NO3S/c17-10-13-3-1-12(2-4-13)9-16(14-5-6-14)15-7-8-20(18,19)11-15/h1-4,14-15,17H,5-11H2. The van der Waals surface area contributed by atoms with Crippen LogP contribution in [0.25, 0.3) is 0 Å². The number of sulfone groups is 1. The van der Waals surface area contributed by atoms with Crippen LogP contribution in [-0.4, -0.2) is 42.0 Å². The predicted molar refractivity (Wildman–Crippen MR) is 78.0 cm³/mol. The van der Waals surface area contributed by atoms with Crippen LogP contribution in [0.2, 0.25) is 0 Å². The lowest BCUT2D eigenvalue weighted by Crippen LogP contribution is -2.37. The first kappa shape index (κ1) is 14.0. The monoisotopic (exact) mass is 295 g/mol. The Morgan fingerprint density at radius 2 is 1.70 bits per heavy atom. The molecule has 1 aliphatic carbocycles. The van der Waals surface area contributed by atoms with Gasteiger partial charge in [-0.05, 0) is 30.4 Å². The average molecular weight is 295 g/mol. The van der Waals surface area contributed by atoms with Crippen molar-refractivity contribution in [3.8, 4) is 0 Å². The van der Waals surface area contributed by atoms with E-state index in [0.717, 1.165) is 18.5 Å². The van der Waals surface area contributed by atoms with Crippen molar-refractivity contribution in [1.29, 1.82) is 0 Å². The molecule has 1 saturated carbocycles. The van der Waals surface area contributed by atoms with Gasteiger partial charge in [0.2, 0.25) is 0 Å². The topological polar surface area (TPSA) is 57.6 Å². The highest BCUT2D eigenvalue weighted by molar-refractivity contribution is 7.91. The smallest absolute Gasteiger partial charge is 0.151 e. The molecule has 1 heterocycles. The van der Waals surface area contributed by atoms with Gasteiger partial charge in [-0.1, -0.05) is 24.3 Å². The molecule has 1 aromatic rings. The molecule has 1 unspecified atom stereocenters. The minimum atomic E-state index is -2.82. The highest BCUT2D eigenvalue weighted by Gasteiger charge is 2.39. The molecule has 1 aliphatic heterocycles. The quantitative estimate of drug-likeness (QED) is 0.890. The zero-order valence-corrected chi connectivity index (χ0v) is 12.3. The zero-order valence-electron chi connectivity index (χ0n) is 11.5. The summed E-state index contributed by atoms with van der Waals surface area (Å²) >= 11 is 0. The Morgan fingerprint density at radius 3 is 2.20 bits per heavy atom. The molecule has 3 rings (SSSR count). The van der Waals surface area contributed by atoms with Crippen molar-refractivity contribution in [2.75, 3.05) is 11.5 Å². The third kappa shape index (κ3) is 3.22. The summed E-state index contributed by atoms with van der Waals surface area (Å²) in [5, 5.41) is 9.06. The Kier molecular flexibility index (Phi) is 3.84. The fourth-order valence-corrected chi connectivity index (χ4v) is 4.70. The van der Waals surface area contributed by atoms with Crippen molar-refractivity contribution in [1.82, 2.24) is 4.90 Å². The Balaban J connectivity index is 1.71. The summed E-state index contributed by atoms with van der Waals surface area (Å²) in [5.74, 6) is 0.655. The highest BCUT2D eigenvalue weighted by Crippen LogP contribution is 2.33. The number of aliphatic hydroxyl groups excluding tert-OH is 1. The van der Waals surface area contributed by atoms with Crippen molar-refractivity contribution >= 4 is 9.84 Å². The number of nitrogens with zero attached hydrogens (tertiary/aromatic N) is 1. The molecular weight excluding hydrogens is 274 g/mol. The maximum atomic E-state index is 11.7. The van der Waals surface area contributed by atoms with E-state index in [1.807, 2.05) is 24.3 Å². The van der Waals surface area contributed by atoms with Crippen molar-refractivity contribution < 1.29 is 13.5 Å². The molecule has 0 amide bonds. The summed E-state index contributed by atoms with van der Waals surface area (Å²) in [5.41, 5.74) is 2.11. The largest absolute Gasteiger partial charge is 0.392 e. The van der Waals surface area contributed by atoms with E-state index in [4.69, 9.17) is 5.11 Å². The van der Waals surface area contributed by atoms with Gasteiger partial charge in [0.15, 0.2) is 9.84 Å². The van der Waals surface area contributed by atoms with Crippen LogP contribution in [0.3, 0.4) is 0 Å². The molecule has 5 heteroatoms. The number of benzene rings is 1. The van der Waals surface area contributed by atoms with E-state index in [2.05, 4.69) is 4.90 Å². The van der Waals surface area contributed by atoms with E-state index < -0.39 is 9.84 Å². The molecular formula is C15H21NO3S. The second-order valence-electron chi connectivity index (χ2n) is 5.93. The molecule has 1 aromatic carbocycles. The van der Waals surface area contributed by atoms with Crippen LogP contribution < -0.4 is 0 Å². The van der Waals surface area contributed by atoms with E-state index >= 15 is 0 Å². The Labute approximate surface area is 120 Å². The van der Waals surface area contributed by atoms with Crippen LogP contribution in [-0.2, 0) is 23.0 Å². The van der Waals surface area contributed by atoms with Gasteiger partial charge in [0.1, 0.15) is 0 Å². The first-order valence-electron chi connectivity index (χ1n) is 7.22. The van der Waals surface area contributed by atoms with Crippen LogP contribution in [0.5, 0.6) is 0 Å². The molecule has 2 aliphatic rings. The fraction of sp³-hybridized carbons (Fsp3) is 0.600. The molecule has 0 aromatic heterocycles. The van der Waals surface area contributed by atoms with Gasteiger partial charge in [0.25, 0.3) is 0 Å². The molecule has 0 radical (unpaired) electrons. The molecule has 1 saturated heterocycles. The summed E-state index contributed by atoms with van der Waals surface area (Å²) in [6.45, 7) is 0.879. The highest BCUT2D eigenvalue weighted by atomic mass is 32.2. The zero-order chi connectivity index (χ0) is 14.2. The minimum Gasteiger partial charge on any atom is -0.392 e. The SMILES string of the molecule is O=S1(=O)CCC(N(Cc2ccc(CO)cc2)C2CC2)C1. The second kappa shape index (κ2) is 5.47. The summed E-state index contributed by atoms with van der Waals surface area (Å²) in [6, 6.07) is 8.68. The van der Waals surface area contributed by atoms with E-state index in [9.17, 15) is 8.42 Å². The van der Waals surface area contributed by atoms with Crippen LogP contribution in [0.15, 0.2) is 24.3 Å². The van der Waals surface area contributed by atoms with Gasteiger partial charge < -0.3 is 5.11 Å². The maximum Gasteiger partial charge on any atom is 0.151 e. The Morgan fingerprint density at radius 1 is 1.05 bits per heavy atom. The molecule has 0 bridgehead atoms. The molecule has 110 valence electrons. The van der Waals surface area contributed by atoms with Crippen molar-refractivity contribution in [3.05, 3.63) is 35.4 Å². The van der Waals surface area contributed by atoms with Gasteiger partial charge in [0, 0.05) is 18.6 Å². The van der Waals surface area contributed by atoms with Crippen LogP contribution >= 0.6 is 0 Å². The Hall–Kier alpha value is -0.910. The van der Waals surface area contributed by atoms with Gasteiger partial charge in [0.05, 0.1) is 18.1 Å². The number of hydrogen-bond acceptors (Lipinski definition) is 4. The lowest BCUT2D eigenvalue weighted by atomic mass is 10.1. The summed E-state index contributed by atoms with van der Waals surface area (Å²) in [7, 11) is -2.82. The fourth-order valence-electron chi connectivity index (χ4n) is 2.96. The summed E-state index contributed by atoms with van der Waals surface area (Å²) in [6.07, 6.45) is 3.14. The van der Waals surface area contributed by atoms with Crippen molar-refractivity contribution in [2.24, 2.45) is 0 Å². The second-order valence-corrected chi connectivity index (χ2v) is 8.16. The van der Waals surface area contributed by atoms with Gasteiger partial charge in [-0.2, -0.15) is 0 Å². The molecule has 2 fully saturated rings. The van der Waals surface area contributed by atoms with Crippen LogP contribution in [0.1, 0.15) is 30.4 Å². The number of aliphatic hydroxyl groups is 1. The maximum absolute atomic E-state index is 11.7. The Bertz CT molecular complexity index is 563. The van der Waals surface area contributed by atoms with Gasteiger partial charge >= 0.3 is 0 Å². The molecule has 1 atom stereocenters. The van der Waals surface area contributed by atoms with Gasteiger partial charge in [-0.15, -0.1) is 0 Å².